The number of carboxylic acid groups (broad SMARTS) is 1. The highest BCUT2D eigenvalue weighted by Gasteiger charge is 2.09. The van der Waals surface area contributed by atoms with Crippen molar-refractivity contribution in [1.29, 1.82) is 0 Å². The fraction of sp³-hybridized carbons (Fsp3) is 0.167. The van der Waals surface area contributed by atoms with Crippen molar-refractivity contribution < 1.29 is 14.6 Å². The summed E-state index contributed by atoms with van der Waals surface area (Å²) in [7, 11) is 1.57. The van der Waals surface area contributed by atoms with E-state index >= 15 is 0 Å². The maximum absolute atomic E-state index is 10.8. The van der Waals surface area contributed by atoms with Crippen LogP contribution in [0.5, 0.6) is 5.88 Å². The number of methoxy groups -OCH3 is 1. The van der Waals surface area contributed by atoms with Gasteiger partial charge in [0.2, 0.25) is 5.88 Å². The van der Waals surface area contributed by atoms with Crippen molar-refractivity contribution in [3.63, 3.8) is 0 Å². The Balaban J connectivity index is 2.39. The normalized spacial score (nSPS) is 10.2. The summed E-state index contributed by atoms with van der Waals surface area (Å²) in [6.07, 6.45) is 1.68. The Morgan fingerprint density at radius 3 is 2.71 bits per heavy atom. The molecule has 0 spiro atoms. The van der Waals surface area contributed by atoms with Crippen molar-refractivity contribution in [2.45, 2.75) is 6.92 Å². The van der Waals surface area contributed by atoms with E-state index in [0.29, 0.717) is 10.8 Å². The SMILES string of the molecule is COc1ncc(-c2csc(C(=O)O)c2)cc1C. The van der Waals surface area contributed by atoms with Crippen LogP contribution in [0.2, 0.25) is 0 Å². The summed E-state index contributed by atoms with van der Waals surface area (Å²) < 4.78 is 5.08. The molecule has 0 atom stereocenters. The molecule has 0 radical (unpaired) electrons. The predicted molar refractivity (Wildman–Crippen MR) is 65.8 cm³/mol. The smallest absolute Gasteiger partial charge is 0.345 e. The van der Waals surface area contributed by atoms with Crippen molar-refractivity contribution in [3.8, 4) is 17.0 Å². The molecule has 2 rings (SSSR count). The molecular formula is C12H11NO3S. The van der Waals surface area contributed by atoms with Crippen LogP contribution in [0.1, 0.15) is 15.2 Å². The van der Waals surface area contributed by atoms with Gasteiger partial charge in [0, 0.05) is 17.3 Å². The number of nitrogens with zero attached hydrogens (tertiary/aromatic N) is 1. The Labute approximate surface area is 103 Å². The number of aromatic carboxylic acids is 1. The highest BCUT2D eigenvalue weighted by Crippen LogP contribution is 2.27. The number of aryl methyl sites for hydroxylation is 1. The van der Waals surface area contributed by atoms with Gasteiger partial charge in [-0.05, 0) is 30.0 Å². The average molecular weight is 249 g/mol. The van der Waals surface area contributed by atoms with Gasteiger partial charge in [-0.25, -0.2) is 9.78 Å². The molecule has 0 amide bonds. The molecule has 0 unspecified atom stereocenters. The van der Waals surface area contributed by atoms with Crippen molar-refractivity contribution in [2.24, 2.45) is 0 Å². The molecule has 0 bridgehead atoms. The molecule has 0 aliphatic heterocycles. The van der Waals surface area contributed by atoms with Gasteiger partial charge >= 0.3 is 5.97 Å². The fourth-order valence-corrected chi connectivity index (χ4v) is 2.29. The van der Waals surface area contributed by atoms with Gasteiger partial charge in [-0.2, -0.15) is 0 Å². The molecule has 2 aromatic rings. The van der Waals surface area contributed by atoms with E-state index in [4.69, 9.17) is 9.84 Å². The van der Waals surface area contributed by atoms with Gasteiger partial charge in [0.15, 0.2) is 0 Å². The first-order chi connectivity index (χ1) is 8.11. The first-order valence-electron chi connectivity index (χ1n) is 4.94. The topological polar surface area (TPSA) is 59.4 Å². The number of thiophene rings is 1. The van der Waals surface area contributed by atoms with E-state index in [1.165, 1.54) is 11.3 Å². The van der Waals surface area contributed by atoms with Gasteiger partial charge in [0.05, 0.1) is 7.11 Å². The first-order valence-corrected chi connectivity index (χ1v) is 5.82. The van der Waals surface area contributed by atoms with Crippen LogP contribution >= 0.6 is 11.3 Å². The number of rotatable bonds is 3. The van der Waals surface area contributed by atoms with Crippen LogP contribution in [0.3, 0.4) is 0 Å². The summed E-state index contributed by atoms with van der Waals surface area (Å²) >= 11 is 1.21. The second-order valence-corrected chi connectivity index (χ2v) is 4.47. The van der Waals surface area contributed by atoms with Crippen molar-refractivity contribution in [1.82, 2.24) is 4.98 Å². The molecule has 0 aliphatic carbocycles. The second kappa shape index (κ2) is 4.55. The molecule has 17 heavy (non-hydrogen) atoms. The van der Waals surface area contributed by atoms with E-state index in [2.05, 4.69) is 4.98 Å². The number of pyridine rings is 1. The lowest BCUT2D eigenvalue weighted by Gasteiger charge is -2.04. The predicted octanol–water partition coefficient (Wildman–Crippen LogP) is 2.83. The van der Waals surface area contributed by atoms with Crippen LogP contribution in [0.25, 0.3) is 11.1 Å². The summed E-state index contributed by atoms with van der Waals surface area (Å²) in [5.41, 5.74) is 2.69. The zero-order valence-electron chi connectivity index (χ0n) is 9.43. The minimum Gasteiger partial charge on any atom is -0.481 e. The van der Waals surface area contributed by atoms with Crippen LogP contribution in [0, 0.1) is 6.92 Å². The van der Waals surface area contributed by atoms with E-state index in [-0.39, 0.29) is 0 Å². The zero-order chi connectivity index (χ0) is 12.4. The number of hydrogen-bond donors (Lipinski definition) is 1. The molecule has 1 N–H and O–H groups in total. The number of aromatic nitrogens is 1. The number of ether oxygens (including phenoxy) is 1. The number of hydrogen-bond acceptors (Lipinski definition) is 4. The van der Waals surface area contributed by atoms with Crippen LogP contribution in [0.4, 0.5) is 0 Å². The van der Waals surface area contributed by atoms with E-state index in [1.54, 1.807) is 19.4 Å². The Morgan fingerprint density at radius 1 is 1.41 bits per heavy atom. The zero-order valence-corrected chi connectivity index (χ0v) is 10.2. The minimum atomic E-state index is -0.903. The highest BCUT2D eigenvalue weighted by atomic mass is 32.1. The highest BCUT2D eigenvalue weighted by molar-refractivity contribution is 7.12. The molecular weight excluding hydrogens is 238 g/mol. The van der Waals surface area contributed by atoms with Gasteiger partial charge in [-0.3, -0.25) is 0 Å². The van der Waals surface area contributed by atoms with Crippen molar-refractivity contribution >= 4 is 17.3 Å². The lowest BCUT2D eigenvalue weighted by atomic mass is 10.1. The summed E-state index contributed by atoms with van der Waals surface area (Å²) in [6.45, 7) is 1.90. The van der Waals surface area contributed by atoms with Gasteiger partial charge in [0.25, 0.3) is 0 Å². The fourth-order valence-electron chi connectivity index (χ4n) is 1.53. The average Bonchev–Trinajstić information content (AvgIpc) is 2.78. The largest absolute Gasteiger partial charge is 0.481 e. The Morgan fingerprint density at radius 2 is 2.18 bits per heavy atom. The number of carbonyl (C=O) groups is 1. The molecule has 4 nitrogen and oxygen atoms in total. The standard InChI is InChI=1S/C12H11NO3S/c1-7-3-8(5-13-11(7)16-2)9-4-10(12(14)15)17-6-9/h3-6H,1-2H3,(H,14,15). The van der Waals surface area contributed by atoms with Crippen LogP contribution in [-0.2, 0) is 0 Å². The van der Waals surface area contributed by atoms with E-state index in [1.807, 2.05) is 18.4 Å². The molecule has 0 saturated heterocycles. The molecule has 5 heteroatoms. The lowest BCUT2D eigenvalue weighted by Crippen LogP contribution is -1.92. The molecule has 2 aromatic heterocycles. The Hall–Kier alpha value is -1.88. The van der Waals surface area contributed by atoms with Crippen LogP contribution < -0.4 is 4.74 Å². The quantitative estimate of drug-likeness (QED) is 0.908. The van der Waals surface area contributed by atoms with Crippen molar-refractivity contribution in [2.75, 3.05) is 7.11 Å². The Bertz CT molecular complexity index is 563. The minimum absolute atomic E-state index is 0.327. The molecule has 0 aromatic carbocycles. The first kappa shape index (κ1) is 11.6. The lowest BCUT2D eigenvalue weighted by molar-refractivity contribution is 0.0702. The summed E-state index contributed by atoms with van der Waals surface area (Å²) in [5.74, 6) is -0.318. The third-order valence-electron chi connectivity index (χ3n) is 2.37. The molecule has 0 saturated carbocycles. The summed E-state index contributed by atoms with van der Waals surface area (Å²) in [5, 5.41) is 10.7. The van der Waals surface area contributed by atoms with Gasteiger partial charge in [-0.1, -0.05) is 0 Å². The third kappa shape index (κ3) is 2.29. The van der Waals surface area contributed by atoms with E-state index in [9.17, 15) is 4.79 Å². The summed E-state index contributed by atoms with van der Waals surface area (Å²) in [4.78, 5) is 15.3. The van der Waals surface area contributed by atoms with Gasteiger partial charge in [-0.15, -0.1) is 11.3 Å². The number of carboxylic acids is 1. The van der Waals surface area contributed by atoms with Crippen LogP contribution in [-0.4, -0.2) is 23.2 Å². The molecule has 2 heterocycles. The maximum Gasteiger partial charge on any atom is 0.345 e. The van der Waals surface area contributed by atoms with Gasteiger partial charge < -0.3 is 9.84 Å². The Kier molecular flexibility index (Phi) is 3.10. The van der Waals surface area contributed by atoms with E-state index < -0.39 is 5.97 Å². The van der Waals surface area contributed by atoms with Crippen molar-refractivity contribution in [3.05, 3.63) is 34.2 Å². The monoisotopic (exact) mass is 249 g/mol. The molecule has 0 fully saturated rings. The summed E-state index contributed by atoms with van der Waals surface area (Å²) in [6, 6.07) is 3.58. The molecule has 0 aliphatic rings. The second-order valence-electron chi connectivity index (χ2n) is 3.55. The maximum atomic E-state index is 10.8. The van der Waals surface area contributed by atoms with Crippen LogP contribution in [0.15, 0.2) is 23.7 Å². The third-order valence-corrected chi connectivity index (χ3v) is 3.29. The molecule has 88 valence electrons. The van der Waals surface area contributed by atoms with E-state index in [0.717, 1.165) is 16.7 Å². The van der Waals surface area contributed by atoms with Gasteiger partial charge in [0.1, 0.15) is 4.88 Å².